The van der Waals surface area contributed by atoms with Crippen molar-refractivity contribution in [3.05, 3.63) is 40.2 Å². The van der Waals surface area contributed by atoms with Gasteiger partial charge in [0.2, 0.25) is 0 Å². The van der Waals surface area contributed by atoms with Gasteiger partial charge in [-0.05, 0) is 30.2 Å². The fourth-order valence-corrected chi connectivity index (χ4v) is 3.51. The van der Waals surface area contributed by atoms with Crippen molar-refractivity contribution < 1.29 is 14.2 Å². The highest BCUT2D eigenvalue weighted by Crippen LogP contribution is 2.40. The molecular weight excluding hydrogens is 294 g/mol. The van der Waals surface area contributed by atoms with E-state index < -0.39 is 0 Å². The third-order valence-electron chi connectivity index (χ3n) is 4.59. The van der Waals surface area contributed by atoms with E-state index in [1.165, 1.54) is 5.56 Å². The number of ether oxygens (including phenoxy) is 3. The van der Waals surface area contributed by atoms with Gasteiger partial charge >= 0.3 is 0 Å². The van der Waals surface area contributed by atoms with E-state index in [1.54, 1.807) is 27.4 Å². The molecule has 0 amide bonds. The van der Waals surface area contributed by atoms with Crippen LogP contribution in [-0.2, 0) is 13.0 Å². The fourth-order valence-electron chi connectivity index (χ4n) is 3.51. The van der Waals surface area contributed by atoms with E-state index in [-0.39, 0.29) is 5.56 Å². The molecule has 0 radical (unpaired) electrons. The number of benzene rings is 2. The number of methoxy groups -OCH3 is 3. The first kappa shape index (κ1) is 13.9. The summed E-state index contributed by atoms with van der Waals surface area (Å²) >= 11 is 0. The maximum absolute atomic E-state index is 12.9. The highest BCUT2D eigenvalue weighted by Gasteiger charge is 2.23. The molecule has 1 aromatic heterocycles. The van der Waals surface area contributed by atoms with E-state index in [0.29, 0.717) is 23.4 Å². The summed E-state index contributed by atoms with van der Waals surface area (Å²) < 4.78 is 18.1. The topological polar surface area (TPSA) is 49.7 Å². The highest BCUT2D eigenvalue weighted by atomic mass is 16.5. The Balaban J connectivity index is 2.29. The molecule has 3 aromatic rings. The molecule has 5 nitrogen and oxygen atoms in total. The second kappa shape index (κ2) is 4.91. The zero-order valence-corrected chi connectivity index (χ0v) is 13.3. The molecule has 0 bridgehead atoms. The van der Waals surface area contributed by atoms with Crippen molar-refractivity contribution in [3.63, 3.8) is 0 Å². The SMILES string of the molecule is COc1cc2c(=O)n3c4c(ccc(OC)c4c2cc1OC)CC3. The Morgan fingerprint density at radius 1 is 0.913 bits per heavy atom. The number of fused-ring (bicyclic) bond motifs is 2. The van der Waals surface area contributed by atoms with Crippen LogP contribution in [0.25, 0.3) is 21.7 Å². The Hall–Kier alpha value is -2.69. The Morgan fingerprint density at radius 2 is 1.57 bits per heavy atom. The molecule has 0 aliphatic carbocycles. The van der Waals surface area contributed by atoms with Crippen LogP contribution in [-0.4, -0.2) is 25.9 Å². The lowest BCUT2D eigenvalue weighted by atomic mass is 10.0. The summed E-state index contributed by atoms with van der Waals surface area (Å²) in [7, 11) is 4.81. The van der Waals surface area contributed by atoms with Gasteiger partial charge in [-0.1, -0.05) is 6.07 Å². The molecule has 0 unspecified atom stereocenters. The molecule has 23 heavy (non-hydrogen) atoms. The first-order valence-corrected chi connectivity index (χ1v) is 7.47. The number of hydrogen-bond acceptors (Lipinski definition) is 4. The molecule has 0 saturated heterocycles. The van der Waals surface area contributed by atoms with E-state index >= 15 is 0 Å². The Morgan fingerprint density at radius 3 is 2.22 bits per heavy atom. The maximum Gasteiger partial charge on any atom is 0.259 e. The van der Waals surface area contributed by atoms with Gasteiger partial charge in [-0.3, -0.25) is 4.79 Å². The number of hydrogen-bond donors (Lipinski definition) is 0. The van der Waals surface area contributed by atoms with Gasteiger partial charge in [0.25, 0.3) is 5.56 Å². The molecule has 5 heteroatoms. The molecular formula is C18H17NO4. The molecule has 1 aliphatic heterocycles. The third-order valence-corrected chi connectivity index (χ3v) is 4.59. The zero-order chi connectivity index (χ0) is 16.1. The monoisotopic (exact) mass is 311 g/mol. The van der Waals surface area contributed by atoms with Gasteiger partial charge in [-0.2, -0.15) is 0 Å². The first-order chi connectivity index (χ1) is 11.2. The molecule has 4 rings (SSSR count). The van der Waals surface area contributed by atoms with E-state index in [9.17, 15) is 4.79 Å². The van der Waals surface area contributed by atoms with Crippen LogP contribution >= 0.6 is 0 Å². The molecule has 2 aromatic carbocycles. The third kappa shape index (κ3) is 1.76. The lowest BCUT2D eigenvalue weighted by Crippen LogP contribution is -2.18. The molecule has 118 valence electrons. The minimum Gasteiger partial charge on any atom is -0.496 e. The standard InChI is InChI=1S/C18H17NO4/c1-21-13-5-4-10-6-7-19-17(10)16(13)11-8-14(22-2)15(23-3)9-12(11)18(19)20/h4-5,8-9H,6-7H2,1-3H3. The summed E-state index contributed by atoms with van der Waals surface area (Å²) in [6.45, 7) is 0.697. The van der Waals surface area contributed by atoms with Gasteiger partial charge in [0, 0.05) is 17.3 Å². The van der Waals surface area contributed by atoms with Crippen LogP contribution in [0, 0.1) is 0 Å². The summed E-state index contributed by atoms with van der Waals surface area (Å²) in [6.07, 6.45) is 0.861. The number of aromatic nitrogens is 1. The van der Waals surface area contributed by atoms with E-state index in [4.69, 9.17) is 14.2 Å². The quantitative estimate of drug-likeness (QED) is 0.698. The van der Waals surface area contributed by atoms with E-state index in [2.05, 4.69) is 0 Å². The van der Waals surface area contributed by atoms with Crippen molar-refractivity contribution in [2.24, 2.45) is 0 Å². The molecule has 0 atom stereocenters. The average molecular weight is 311 g/mol. The van der Waals surface area contributed by atoms with Gasteiger partial charge in [-0.15, -0.1) is 0 Å². The molecule has 0 fully saturated rings. The normalized spacial score (nSPS) is 12.8. The summed E-state index contributed by atoms with van der Waals surface area (Å²) in [6, 6.07) is 7.62. The minimum atomic E-state index is 0.000422. The summed E-state index contributed by atoms with van der Waals surface area (Å²) in [5, 5.41) is 2.41. The van der Waals surface area contributed by atoms with Gasteiger partial charge in [0.15, 0.2) is 11.5 Å². The zero-order valence-electron chi connectivity index (χ0n) is 13.3. The summed E-state index contributed by atoms with van der Waals surface area (Å²) in [5.41, 5.74) is 2.14. The molecule has 0 spiro atoms. The van der Waals surface area contributed by atoms with Gasteiger partial charge in [-0.25, -0.2) is 0 Å². The number of aryl methyl sites for hydroxylation is 2. The lowest BCUT2D eigenvalue weighted by Gasteiger charge is -2.14. The van der Waals surface area contributed by atoms with Gasteiger partial charge < -0.3 is 18.8 Å². The number of pyridine rings is 1. The number of rotatable bonds is 3. The second-order valence-corrected chi connectivity index (χ2v) is 5.61. The highest BCUT2D eigenvalue weighted by molar-refractivity contribution is 6.11. The maximum atomic E-state index is 12.9. The van der Waals surface area contributed by atoms with Crippen molar-refractivity contribution in [2.45, 2.75) is 13.0 Å². The molecule has 1 aliphatic rings. The average Bonchev–Trinajstić information content (AvgIpc) is 3.02. The number of nitrogens with zero attached hydrogens (tertiary/aromatic N) is 1. The predicted molar refractivity (Wildman–Crippen MR) is 89.1 cm³/mol. The van der Waals surface area contributed by atoms with Crippen molar-refractivity contribution in [1.82, 2.24) is 4.57 Å². The Bertz CT molecular complexity index is 1000. The Kier molecular flexibility index (Phi) is 2.98. The minimum absolute atomic E-state index is 0.000422. The van der Waals surface area contributed by atoms with Crippen LogP contribution in [0.5, 0.6) is 17.2 Å². The van der Waals surface area contributed by atoms with Crippen LogP contribution in [0.1, 0.15) is 5.56 Å². The van der Waals surface area contributed by atoms with E-state index in [0.717, 1.165) is 28.5 Å². The van der Waals surface area contributed by atoms with Gasteiger partial charge in [0.05, 0.1) is 32.2 Å². The summed E-state index contributed by atoms with van der Waals surface area (Å²) in [5.74, 6) is 1.92. The van der Waals surface area contributed by atoms with E-state index in [1.807, 2.05) is 22.8 Å². The second-order valence-electron chi connectivity index (χ2n) is 5.61. The predicted octanol–water partition coefficient (Wildman–Crippen LogP) is 2.74. The smallest absolute Gasteiger partial charge is 0.259 e. The Labute approximate surface area is 133 Å². The van der Waals surface area contributed by atoms with Crippen molar-refractivity contribution >= 4 is 21.7 Å². The van der Waals surface area contributed by atoms with Gasteiger partial charge in [0.1, 0.15) is 5.75 Å². The lowest BCUT2D eigenvalue weighted by molar-refractivity contribution is 0.356. The van der Waals surface area contributed by atoms with Crippen molar-refractivity contribution in [2.75, 3.05) is 21.3 Å². The summed E-state index contributed by atoms with van der Waals surface area (Å²) in [4.78, 5) is 12.9. The molecule has 0 saturated carbocycles. The molecule has 0 N–H and O–H groups in total. The largest absolute Gasteiger partial charge is 0.496 e. The van der Waals surface area contributed by atoms with Crippen LogP contribution in [0.2, 0.25) is 0 Å². The van der Waals surface area contributed by atoms with Crippen molar-refractivity contribution in [1.29, 1.82) is 0 Å². The van der Waals surface area contributed by atoms with Crippen LogP contribution in [0.15, 0.2) is 29.1 Å². The van der Waals surface area contributed by atoms with Crippen LogP contribution in [0.4, 0.5) is 0 Å². The van der Waals surface area contributed by atoms with Crippen LogP contribution in [0.3, 0.4) is 0 Å². The van der Waals surface area contributed by atoms with Crippen LogP contribution < -0.4 is 19.8 Å². The van der Waals surface area contributed by atoms with Crippen molar-refractivity contribution in [3.8, 4) is 17.2 Å². The molecule has 2 heterocycles. The fraction of sp³-hybridized carbons (Fsp3) is 0.278. The first-order valence-electron chi connectivity index (χ1n) is 7.47.